The molecule has 0 bridgehead atoms. The molecule has 0 radical (unpaired) electrons. The van der Waals surface area contributed by atoms with Crippen molar-refractivity contribution < 1.29 is 19.2 Å². The molecule has 2 aliphatic heterocycles. The fourth-order valence-electron chi connectivity index (χ4n) is 4.06. The van der Waals surface area contributed by atoms with Crippen molar-refractivity contribution in [3.05, 3.63) is 57.6 Å². The van der Waals surface area contributed by atoms with E-state index in [9.17, 15) is 14.9 Å². The molecule has 2 aliphatic rings. The van der Waals surface area contributed by atoms with Gasteiger partial charge in [0.25, 0.3) is 11.6 Å². The third-order valence-corrected chi connectivity index (χ3v) is 5.48. The minimum atomic E-state index is -0.458. The Morgan fingerprint density at radius 2 is 1.97 bits per heavy atom. The van der Waals surface area contributed by atoms with Gasteiger partial charge in [0.2, 0.25) is 0 Å². The van der Waals surface area contributed by atoms with Crippen LogP contribution in [-0.2, 0) is 0 Å². The Morgan fingerprint density at radius 3 is 2.73 bits per heavy atom. The minimum absolute atomic E-state index is 0.0889. The summed E-state index contributed by atoms with van der Waals surface area (Å²) in [4.78, 5) is 26.0. The van der Waals surface area contributed by atoms with E-state index in [-0.39, 0.29) is 17.6 Å². The van der Waals surface area contributed by atoms with E-state index in [2.05, 4.69) is 5.32 Å². The zero-order chi connectivity index (χ0) is 21.1. The van der Waals surface area contributed by atoms with Crippen LogP contribution in [0.4, 0.5) is 11.4 Å². The molecule has 2 aromatic carbocycles. The van der Waals surface area contributed by atoms with Crippen molar-refractivity contribution in [1.29, 1.82) is 0 Å². The van der Waals surface area contributed by atoms with Crippen LogP contribution in [0.1, 0.15) is 48.1 Å². The maximum atomic E-state index is 13.2. The Hall–Kier alpha value is -3.29. The Bertz CT molecular complexity index is 962. The van der Waals surface area contributed by atoms with Gasteiger partial charge in [-0.1, -0.05) is 6.07 Å². The molecule has 0 spiro atoms. The molecule has 1 atom stereocenters. The quantitative estimate of drug-likeness (QED) is 0.586. The Morgan fingerprint density at radius 1 is 1.17 bits per heavy atom. The second kappa shape index (κ2) is 8.61. The fraction of sp³-hybridized carbons (Fsp3) is 0.409. The first kappa shape index (κ1) is 20.0. The lowest BCUT2D eigenvalue weighted by molar-refractivity contribution is -0.384. The Labute approximate surface area is 174 Å². The van der Waals surface area contributed by atoms with E-state index < -0.39 is 4.92 Å². The molecule has 1 N–H and O–H groups in total. The number of amides is 1. The molecule has 1 unspecified atom stereocenters. The SMILES string of the molecule is CCNc1ccc(C(=O)N2CCCC2c2ccc3c(c2)OCCCO3)cc1[N+](=O)[O-]. The molecule has 0 aromatic heterocycles. The van der Waals surface area contributed by atoms with Gasteiger partial charge in [-0.2, -0.15) is 0 Å². The van der Waals surface area contributed by atoms with Crippen LogP contribution in [0.2, 0.25) is 0 Å². The molecule has 1 amide bonds. The van der Waals surface area contributed by atoms with Gasteiger partial charge >= 0.3 is 0 Å². The minimum Gasteiger partial charge on any atom is -0.490 e. The summed E-state index contributed by atoms with van der Waals surface area (Å²) in [5, 5.41) is 14.4. The van der Waals surface area contributed by atoms with Gasteiger partial charge in [-0.25, -0.2) is 0 Å². The van der Waals surface area contributed by atoms with Crippen LogP contribution in [0.5, 0.6) is 11.5 Å². The van der Waals surface area contributed by atoms with Gasteiger partial charge in [0.1, 0.15) is 5.69 Å². The van der Waals surface area contributed by atoms with Gasteiger partial charge < -0.3 is 19.7 Å². The summed E-state index contributed by atoms with van der Waals surface area (Å²) in [7, 11) is 0. The van der Waals surface area contributed by atoms with Gasteiger partial charge in [-0.15, -0.1) is 0 Å². The molecule has 1 saturated heterocycles. The van der Waals surface area contributed by atoms with Crippen LogP contribution in [0.25, 0.3) is 0 Å². The van der Waals surface area contributed by atoms with Crippen molar-refractivity contribution in [2.24, 2.45) is 0 Å². The zero-order valence-corrected chi connectivity index (χ0v) is 16.9. The Balaban J connectivity index is 1.61. The predicted octanol–water partition coefficient (Wildman–Crippen LogP) is 4.17. The van der Waals surface area contributed by atoms with E-state index in [1.54, 1.807) is 17.0 Å². The molecule has 1 fully saturated rings. The molecule has 8 heteroatoms. The monoisotopic (exact) mass is 411 g/mol. The zero-order valence-electron chi connectivity index (χ0n) is 16.9. The van der Waals surface area contributed by atoms with Crippen LogP contribution in [0, 0.1) is 10.1 Å². The summed E-state index contributed by atoms with van der Waals surface area (Å²) in [6.07, 6.45) is 2.55. The molecule has 158 valence electrons. The summed E-state index contributed by atoms with van der Waals surface area (Å²) in [6.45, 7) is 4.27. The highest BCUT2D eigenvalue weighted by Gasteiger charge is 2.32. The van der Waals surface area contributed by atoms with Gasteiger partial charge in [0.15, 0.2) is 11.5 Å². The molecule has 2 heterocycles. The summed E-state index contributed by atoms with van der Waals surface area (Å²) >= 11 is 0. The van der Waals surface area contributed by atoms with Crippen molar-refractivity contribution in [3.8, 4) is 11.5 Å². The first-order chi connectivity index (χ1) is 14.6. The van der Waals surface area contributed by atoms with Crippen molar-refractivity contribution in [3.63, 3.8) is 0 Å². The number of nitro groups is 1. The number of rotatable bonds is 5. The second-order valence-electron chi connectivity index (χ2n) is 7.43. The average molecular weight is 411 g/mol. The lowest BCUT2D eigenvalue weighted by Crippen LogP contribution is -2.30. The van der Waals surface area contributed by atoms with E-state index in [4.69, 9.17) is 9.47 Å². The average Bonchev–Trinajstić information content (AvgIpc) is 3.12. The number of hydrogen-bond donors (Lipinski definition) is 1. The molecule has 0 aliphatic carbocycles. The number of carbonyl (C=O) groups is 1. The van der Waals surface area contributed by atoms with E-state index in [0.29, 0.717) is 43.3 Å². The number of nitrogens with zero attached hydrogens (tertiary/aromatic N) is 2. The van der Waals surface area contributed by atoms with Crippen molar-refractivity contribution in [2.75, 3.05) is 31.6 Å². The van der Waals surface area contributed by atoms with E-state index in [1.807, 2.05) is 25.1 Å². The summed E-state index contributed by atoms with van der Waals surface area (Å²) in [5.74, 6) is 1.23. The van der Waals surface area contributed by atoms with Crippen LogP contribution in [0.3, 0.4) is 0 Å². The van der Waals surface area contributed by atoms with Crippen LogP contribution in [0.15, 0.2) is 36.4 Å². The maximum Gasteiger partial charge on any atom is 0.293 e. The van der Waals surface area contributed by atoms with E-state index in [0.717, 1.165) is 30.6 Å². The summed E-state index contributed by atoms with van der Waals surface area (Å²) in [5.41, 5.74) is 1.64. The van der Waals surface area contributed by atoms with Gasteiger partial charge in [-0.05, 0) is 49.6 Å². The number of hydrogen-bond acceptors (Lipinski definition) is 6. The first-order valence-electron chi connectivity index (χ1n) is 10.3. The first-order valence-corrected chi connectivity index (χ1v) is 10.3. The van der Waals surface area contributed by atoms with Crippen LogP contribution >= 0.6 is 0 Å². The molecule has 30 heavy (non-hydrogen) atoms. The van der Waals surface area contributed by atoms with Crippen molar-refractivity contribution in [2.45, 2.75) is 32.2 Å². The van der Waals surface area contributed by atoms with Crippen LogP contribution < -0.4 is 14.8 Å². The highest BCUT2D eigenvalue weighted by Crippen LogP contribution is 2.39. The van der Waals surface area contributed by atoms with E-state index >= 15 is 0 Å². The van der Waals surface area contributed by atoms with Crippen molar-refractivity contribution in [1.82, 2.24) is 4.90 Å². The maximum absolute atomic E-state index is 13.2. The number of anilines is 1. The number of ether oxygens (including phenoxy) is 2. The third-order valence-electron chi connectivity index (χ3n) is 5.48. The second-order valence-corrected chi connectivity index (χ2v) is 7.43. The number of carbonyl (C=O) groups excluding carboxylic acids is 1. The summed E-state index contributed by atoms with van der Waals surface area (Å²) < 4.78 is 11.5. The molecule has 8 nitrogen and oxygen atoms in total. The van der Waals surface area contributed by atoms with Crippen molar-refractivity contribution >= 4 is 17.3 Å². The smallest absolute Gasteiger partial charge is 0.293 e. The molecule has 2 aromatic rings. The standard InChI is InChI=1S/C22H25N3O5/c1-2-23-17-8-6-16(13-19(17)25(27)28)22(26)24-10-3-5-18(24)15-7-9-20-21(14-15)30-12-4-11-29-20/h6-9,13-14,18,23H,2-5,10-12H2,1H3. The van der Waals surface area contributed by atoms with Gasteiger partial charge in [0.05, 0.1) is 24.2 Å². The third kappa shape index (κ3) is 3.90. The predicted molar refractivity (Wildman–Crippen MR) is 112 cm³/mol. The molecule has 4 rings (SSSR count). The molecule has 0 saturated carbocycles. The molecular formula is C22H25N3O5. The number of likely N-dealkylation sites (tertiary alicyclic amines) is 1. The summed E-state index contributed by atoms with van der Waals surface area (Å²) in [6, 6.07) is 10.3. The fourth-order valence-corrected chi connectivity index (χ4v) is 4.06. The number of nitro benzene ring substituents is 1. The number of benzene rings is 2. The lowest BCUT2D eigenvalue weighted by Gasteiger charge is -2.26. The van der Waals surface area contributed by atoms with E-state index in [1.165, 1.54) is 6.07 Å². The number of fused-ring (bicyclic) bond motifs is 1. The lowest BCUT2D eigenvalue weighted by atomic mass is 10.0. The Kier molecular flexibility index (Phi) is 5.74. The van der Waals surface area contributed by atoms with Gasteiger partial charge in [0, 0.05) is 31.1 Å². The molecular weight excluding hydrogens is 386 g/mol. The topological polar surface area (TPSA) is 93.9 Å². The number of nitrogens with one attached hydrogen (secondary N) is 1. The normalized spacial score (nSPS) is 18.0. The largest absolute Gasteiger partial charge is 0.490 e. The highest BCUT2D eigenvalue weighted by molar-refractivity contribution is 5.96. The van der Waals surface area contributed by atoms with Gasteiger partial charge in [-0.3, -0.25) is 14.9 Å². The highest BCUT2D eigenvalue weighted by atomic mass is 16.6. The van der Waals surface area contributed by atoms with Crippen LogP contribution in [-0.4, -0.2) is 42.0 Å².